The standard InChI is InChI=1S/C28H34FN3O4S.C11H17N3O2S/c1-4-35-25-16-20(17-26(36-5-2)28(25)21-6-8-22(29)9-7-21)19-32-14-12-23(13-15-32)31-27-11-10-24(18-30-27)37(3,33)34;1-17(15,16)10-2-3-11(13-8-10)14-9-4-6-12-7-5-9/h6-11,16-18,23H,4-5,12-15,19H2,1-3H3,(H,30,31);2-3,8-9,12H,4-7H2,1H3,(H,13,14). The van der Waals surface area contributed by atoms with E-state index in [2.05, 4.69) is 43.0 Å². The molecule has 0 unspecified atom stereocenters. The van der Waals surface area contributed by atoms with E-state index in [-0.39, 0.29) is 21.7 Å². The first-order chi connectivity index (χ1) is 25.8. The van der Waals surface area contributed by atoms with Crippen LogP contribution in [0.2, 0.25) is 0 Å². The van der Waals surface area contributed by atoms with E-state index in [0.717, 1.165) is 92.4 Å². The summed E-state index contributed by atoms with van der Waals surface area (Å²) < 4.78 is 71.4. The Hall–Kier alpha value is -4.31. The zero-order valence-electron chi connectivity index (χ0n) is 31.3. The molecule has 0 bridgehead atoms. The van der Waals surface area contributed by atoms with E-state index >= 15 is 0 Å². The number of likely N-dealkylation sites (tertiary alicyclic amines) is 1. The Morgan fingerprint density at radius 2 is 1.22 bits per heavy atom. The number of nitrogens with zero attached hydrogens (tertiary/aromatic N) is 3. The molecule has 12 nitrogen and oxygen atoms in total. The van der Waals surface area contributed by atoms with Crippen LogP contribution in [0, 0.1) is 5.82 Å². The molecule has 2 fully saturated rings. The summed E-state index contributed by atoms with van der Waals surface area (Å²) in [5, 5.41) is 10.0. The van der Waals surface area contributed by atoms with Crippen LogP contribution < -0.4 is 25.4 Å². The van der Waals surface area contributed by atoms with Gasteiger partial charge in [-0.3, -0.25) is 4.90 Å². The fraction of sp³-hybridized carbons (Fsp3) is 0.436. The summed E-state index contributed by atoms with van der Waals surface area (Å²) in [6.45, 7) is 9.53. The molecule has 3 N–H and O–H groups in total. The van der Waals surface area contributed by atoms with Gasteiger partial charge in [0.25, 0.3) is 0 Å². The van der Waals surface area contributed by atoms with E-state index in [0.29, 0.717) is 25.1 Å². The maximum Gasteiger partial charge on any atom is 0.177 e. The molecule has 2 saturated heterocycles. The second kappa shape index (κ2) is 18.8. The Labute approximate surface area is 318 Å². The molecule has 4 aromatic rings. The van der Waals surface area contributed by atoms with E-state index in [1.54, 1.807) is 36.4 Å². The molecule has 2 aromatic carbocycles. The summed E-state index contributed by atoms with van der Waals surface area (Å²) >= 11 is 0. The Bertz CT molecular complexity index is 1990. The van der Waals surface area contributed by atoms with E-state index in [4.69, 9.17) is 9.47 Å². The second-order valence-electron chi connectivity index (χ2n) is 13.5. The van der Waals surface area contributed by atoms with Crippen LogP contribution in [-0.4, -0.2) is 95.7 Å². The third kappa shape index (κ3) is 11.8. The zero-order valence-corrected chi connectivity index (χ0v) is 33.0. The fourth-order valence-corrected chi connectivity index (χ4v) is 7.54. The SMILES string of the molecule is CCOc1cc(CN2CCC(Nc3ccc(S(C)(=O)=O)cn3)CC2)cc(OCC)c1-c1ccc(F)cc1.CS(=O)(=O)c1ccc(NC2CCNCC2)nc1. The van der Waals surface area contributed by atoms with Crippen molar-refractivity contribution in [3.8, 4) is 22.6 Å². The van der Waals surface area contributed by atoms with Crippen LogP contribution in [0.5, 0.6) is 11.5 Å². The van der Waals surface area contributed by atoms with Crippen molar-refractivity contribution in [2.24, 2.45) is 0 Å². The lowest BCUT2D eigenvalue weighted by Crippen LogP contribution is -2.38. The first-order valence-electron chi connectivity index (χ1n) is 18.3. The minimum absolute atomic E-state index is 0.219. The molecule has 2 aliphatic rings. The highest BCUT2D eigenvalue weighted by Crippen LogP contribution is 2.40. The third-order valence-corrected chi connectivity index (χ3v) is 11.4. The van der Waals surface area contributed by atoms with Gasteiger partial charge < -0.3 is 25.4 Å². The number of nitrogens with one attached hydrogen (secondary N) is 3. The van der Waals surface area contributed by atoms with Gasteiger partial charge in [0, 0.05) is 56.6 Å². The molecule has 4 heterocycles. The Balaban J connectivity index is 0.000000274. The number of hydrogen-bond acceptors (Lipinski definition) is 12. The highest BCUT2D eigenvalue weighted by molar-refractivity contribution is 7.91. The van der Waals surface area contributed by atoms with Crippen LogP contribution in [0.15, 0.2) is 82.8 Å². The fourth-order valence-electron chi connectivity index (χ4n) is 6.42. The highest BCUT2D eigenvalue weighted by atomic mass is 32.2. The molecule has 2 aliphatic heterocycles. The Kier molecular flexibility index (Phi) is 14.2. The zero-order chi connectivity index (χ0) is 38.7. The number of sulfone groups is 2. The largest absolute Gasteiger partial charge is 0.493 e. The quantitative estimate of drug-likeness (QED) is 0.150. The topological polar surface area (TPSA) is 152 Å². The molecule has 0 amide bonds. The van der Waals surface area contributed by atoms with Crippen LogP contribution in [0.1, 0.15) is 45.1 Å². The number of benzene rings is 2. The molecule has 15 heteroatoms. The summed E-state index contributed by atoms with van der Waals surface area (Å²) in [6, 6.07) is 17.8. The van der Waals surface area contributed by atoms with Crippen LogP contribution >= 0.6 is 0 Å². The van der Waals surface area contributed by atoms with Gasteiger partial charge in [0.2, 0.25) is 0 Å². The lowest BCUT2D eigenvalue weighted by atomic mass is 9.99. The first-order valence-corrected chi connectivity index (χ1v) is 22.1. The molecule has 0 radical (unpaired) electrons. The predicted molar refractivity (Wildman–Crippen MR) is 210 cm³/mol. The number of rotatable bonds is 13. The molecule has 0 aliphatic carbocycles. The first kappa shape index (κ1) is 40.9. The maximum atomic E-state index is 13.5. The van der Waals surface area contributed by atoms with Crippen molar-refractivity contribution < 1.29 is 30.7 Å². The average Bonchev–Trinajstić information content (AvgIpc) is 3.14. The number of pyridine rings is 2. The monoisotopic (exact) mass is 782 g/mol. The molecular weight excluding hydrogens is 732 g/mol. The molecule has 292 valence electrons. The van der Waals surface area contributed by atoms with Crippen molar-refractivity contribution in [3.05, 3.63) is 84.4 Å². The number of halogens is 1. The maximum absolute atomic E-state index is 13.5. The van der Waals surface area contributed by atoms with Crippen molar-refractivity contribution in [2.75, 3.05) is 62.5 Å². The van der Waals surface area contributed by atoms with Gasteiger partial charge in [0.1, 0.15) is 29.0 Å². The summed E-state index contributed by atoms with van der Waals surface area (Å²) in [7, 11) is -6.41. The smallest absolute Gasteiger partial charge is 0.177 e. The van der Waals surface area contributed by atoms with Gasteiger partial charge in [-0.2, -0.15) is 0 Å². The van der Waals surface area contributed by atoms with Crippen molar-refractivity contribution in [3.63, 3.8) is 0 Å². The predicted octanol–water partition coefficient (Wildman–Crippen LogP) is 5.81. The van der Waals surface area contributed by atoms with Crippen LogP contribution in [0.25, 0.3) is 11.1 Å². The van der Waals surface area contributed by atoms with E-state index in [1.807, 2.05) is 13.8 Å². The van der Waals surface area contributed by atoms with Crippen molar-refractivity contribution in [2.45, 2.75) is 68.0 Å². The van der Waals surface area contributed by atoms with Gasteiger partial charge in [0.15, 0.2) is 19.7 Å². The van der Waals surface area contributed by atoms with E-state index < -0.39 is 19.7 Å². The minimum atomic E-state index is -3.25. The van der Waals surface area contributed by atoms with Gasteiger partial charge in [-0.15, -0.1) is 0 Å². The number of ether oxygens (including phenoxy) is 2. The molecular formula is C39H51FN6O6S2. The summed E-state index contributed by atoms with van der Waals surface area (Å²) in [5.41, 5.74) is 2.79. The van der Waals surface area contributed by atoms with Gasteiger partial charge >= 0.3 is 0 Å². The van der Waals surface area contributed by atoms with Crippen molar-refractivity contribution in [1.82, 2.24) is 20.2 Å². The van der Waals surface area contributed by atoms with Crippen LogP contribution in [0.3, 0.4) is 0 Å². The number of hydrogen-bond donors (Lipinski definition) is 3. The summed E-state index contributed by atoms with van der Waals surface area (Å²) in [4.78, 5) is 11.3. The molecule has 2 aromatic heterocycles. The van der Waals surface area contributed by atoms with Gasteiger partial charge in [-0.25, -0.2) is 31.2 Å². The molecule has 54 heavy (non-hydrogen) atoms. The number of piperidine rings is 2. The van der Waals surface area contributed by atoms with Gasteiger partial charge in [0.05, 0.1) is 28.6 Å². The van der Waals surface area contributed by atoms with E-state index in [1.165, 1.54) is 37.0 Å². The third-order valence-electron chi connectivity index (χ3n) is 9.22. The normalized spacial score (nSPS) is 15.9. The lowest BCUT2D eigenvalue weighted by molar-refractivity contribution is 0.210. The summed E-state index contributed by atoms with van der Waals surface area (Å²) in [6.07, 6.45) is 9.18. The van der Waals surface area contributed by atoms with Crippen LogP contribution in [0.4, 0.5) is 16.0 Å². The van der Waals surface area contributed by atoms with Crippen molar-refractivity contribution in [1.29, 1.82) is 0 Å². The molecule has 0 spiro atoms. The molecule has 0 saturated carbocycles. The van der Waals surface area contributed by atoms with Gasteiger partial charge in [-0.05, 0) is 112 Å². The van der Waals surface area contributed by atoms with E-state index in [9.17, 15) is 21.2 Å². The summed E-state index contributed by atoms with van der Waals surface area (Å²) in [5.74, 6) is 2.61. The van der Waals surface area contributed by atoms with Crippen molar-refractivity contribution >= 4 is 31.3 Å². The number of anilines is 2. The lowest BCUT2D eigenvalue weighted by Gasteiger charge is -2.33. The Morgan fingerprint density at radius 1 is 0.741 bits per heavy atom. The van der Waals surface area contributed by atoms with Crippen LogP contribution in [-0.2, 0) is 26.2 Å². The average molecular weight is 783 g/mol. The second-order valence-corrected chi connectivity index (χ2v) is 17.5. The number of aromatic nitrogens is 2. The highest BCUT2D eigenvalue weighted by Gasteiger charge is 2.22. The Morgan fingerprint density at radius 3 is 1.65 bits per heavy atom. The molecule has 6 rings (SSSR count). The minimum Gasteiger partial charge on any atom is -0.493 e. The molecule has 0 atom stereocenters. The van der Waals surface area contributed by atoms with Gasteiger partial charge in [-0.1, -0.05) is 12.1 Å².